The predicted molar refractivity (Wildman–Crippen MR) is 40.6 cm³/mol. The number of aliphatic hydroxyl groups excluding tert-OH is 4. The van der Waals surface area contributed by atoms with E-state index in [1.165, 1.54) is 0 Å². The Labute approximate surface area is 76.1 Å². The van der Waals surface area contributed by atoms with E-state index in [1.807, 2.05) is 0 Å². The van der Waals surface area contributed by atoms with Crippen LogP contribution in [0.15, 0.2) is 0 Å². The molecule has 7 heteroatoms. The molecule has 4 N–H and O–H groups in total. The van der Waals surface area contributed by atoms with Crippen LogP contribution < -0.4 is 0 Å². The molecule has 0 spiro atoms. The van der Waals surface area contributed by atoms with Gasteiger partial charge in [-0.1, -0.05) is 0 Å². The summed E-state index contributed by atoms with van der Waals surface area (Å²) < 4.78 is 9.02. The van der Waals surface area contributed by atoms with Crippen LogP contribution in [0.5, 0.6) is 0 Å². The molecule has 2 radical (unpaired) electrons. The van der Waals surface area contributed by atoms with E-state index in [2.05, 4.69) is 4.65 Å². The van der Waals surface area contributed by atoms with E-state index < -0.39 is 37.3 Å². The topological polar surface area (TPSA) is 99.4 Å². The Morgan fingerprint density at radius 2 is 1.77 bits per heavy atom. The average molecular weight is 190 g/mol. The van der Waals surface area contributed by atoms with E-state index in [9.17, 15) is 15.3 Å². The molecule has 0 aliphatic carbocycles. The zero-order chi connectivity index (χ0) is 10.0. The molecule has 0 saturated carbocycles. The van der Waals surface area contributed by atoms with Crippen LogP contribution in [-0.4, -0.2) is 65.8 Å². The van der Waals surface area contributed by atoms with E-state index in [1.54, 1.807) is 0 Å². The lowest BCUT2D eigenvalue weighted by atomic mass is 9.99. The molecule has 1 rings (SSSR count). The first-order valence-corrected chi connectivity index (χ1v) is 3.78. The molecule has 1 aliphatic rings. The highest BCUT2D eigenvalue weighted by Crippen LogP contribution is 2.20. The Morgan fingerprint density at radius 3 is 2.23 bits per heavy atom. The SMILES string of the molecule is [B]OC1O[C@H](CO)[C@@H](O)[C@H](O)[C@H]1O. The molecule has 1 saturated heterocycles. The maximum atomic E-state index is 9.23. The number of hydrogen-bond donors (Lipinski definition) is 4. The van der Waals surface area contributed by atoms with Gasteiger partial charge < -0.3 is 29.8 Å². The maximum absolute atomic E-state index is 9.23. The molecule has 13 heavy (non-hydrogen) atoms. The molecule has 6 nitrogen and oxygen atoms in total. The Bertz CT molecular complexity index is 147. The Balaban J connectivity index is 2.66. The molecular weight excluding hydrogens is 179 g/mol. The minimum absolute atomic E-state index is 0.495. The molecule has 74 valence electrons. The number of aliphatic hydroxyl groups is 4. The van der Waals surface area contributed by atoms with Crippen molar-refractivity contribution in [3.63, 3.8) is 0 Å². The molecule has 1 heterocycles. The summed E-state index contributed by atoms with van der Waals surface area (Å²) in [5, 5.41) is 36.4. The van der Waals surface area contributed by atoms with Gasteiger partial charge in [0.05, 0.1) is 6.61 Å². The normalized spacial score (nSPS) is 46.3. The standard InChI is InChI=1S/C6H11BO6/c7-13-6-5(11)4(10)3(9)2(1-8)12-6/h2-6,8-11H,1H2/t2-,3-,4+,5-,6?/m1/s1. The first-order valence-electron chi connectivity index (χ1n) is 3.78. The van der Waals surface area contributed by atoms with Crippen molar-refractivity contribution in [3.05, 3.63) is 0 Å². The fourth-order valence-corrected chi connectivity index (χ4v) is 1.18. The summed E-state index contributed by atoms with van der Waals surface area (Å²) in [7, 11) is 4.76. The molecule has 0 aromatic carbocycles. The Hall–Kier alpha value is -0.175. The quantitative estimate of drug-likeness (QED) is 0.344. The molecule has 0 aromatic rings. The molecule has 1 aliphatic heterocycles. The van der Waals surface area contributed by atoms with E-state index >= 15 is 0 Å². The molecule has 0 amide bonds. The van der Waals surface area contributed by atoms with Crippen molar-refractivity contribution in [1.82, 2.24) is 0 Å². The molecule has 5 atom stereocenters. The molecule has 1 unspecified atom stereocenters. The van der Waals surface area contributed by atoms with Gasteiger partial charge >= 0.3 is 0 Å². The smallest absolute Gasteiger partial charge is 0.286 e. The molecule has 0 bridgehead atoms. The van der Waals surface area contributed by atoms with Gasteiger partial charge in [0.1, 0.15) is 24.4 Å². The van der Waals surface area contributed by atoms with Gasteiger partial charge in [-0.15, -0.1) is 0 Å². The van der Waals surface area contributed by atoms with Crippen LogP contribution in [0.3, 0.4) is 0 Å². The lowest BCUT2D eigenvalue weighted by molar-refractivity contribution is -0.277. The van der Waals surface area contributed by atoms with Gasteiger partial charge in [0, 0.05) is 0 Å². The number of ether oxygens (including phenoxy) is 1. The Morgan fingerprint density at radius 1 is 1.15 bits per heavy atom. The van der Waals surface area contributed by atoms with Gasteiger partial charge in [-0.3, -0.25) is 0 Å². The van der Waals surface area contributed by atoms with Gasteiger partial charge in [-0.05, 0) is 0 Å². The summed E-state index contributed by atoms with van der Waals surface area (Å²) in [4.78, 5) is 0. The van der Waals surface area contributed by atoms with Crippen molar-refractivity contribution in [2.45, 2.75) is 30.7 Å². The highest BCUT2D eigenvalue weighted by atomic mass is 16.7. The van der Waals surface area contributed by atoms with Crippen molar-refractivity contribution >= 4 is 8.05 Å². The third kappa shape index (κ3) is 2.01. The van der Waals surface area contributed by atoms with Crippen molar-refractivity contribution in [2.75, 3.05) is 6.61 Å². The maximum Gasteiger partial charge on any atom is 0.286 e. The number of rotatable bonds is 2. The van der Waals surface area contributed by atoms with Crippen LogP contribution in [0.1, 0.15) is 0 Å². The molecule has 0 aromatic heterocycles. The third-order valence-corrected chi connectivity index (χ3v) is 1.98. The van der Waals surface area contributed by atoms with Gasteiger partial charge in [0.15, 0.2) is 6.29 Å². The second-order valence-corrected chi connectivity index (χ2v) is 2.83. The summed E-state index contributed by atoms with van der Waals surface area (Å²) in [5.74, 6) is 0. The summed E-state index contributed by atoms with van der Waals surface area (Å²) in [6.07, 6.45) is -6.48. The lowest BCUT2D eigenvalue weighted by Gasteiger charge is -2.39. The summed E-state index contributed by atoms with van der Waals surface area (Å²) in [5.41, 5.74) is 0. The minimum Gasteiger partial charge on any atom is -0.423 e. The van der Waals surface area contributed by atoms with Crippen LogP contribution in [0.4, 0.5) is 0 Å². The largest absolute Gasteiger partial charge is 0.423 e. The van der Waals surface area contributed by atoms with E-state index in [-0.39, 0.29) is 0 Å². The van der Waals surface area contributed by atoms with Crippen molar-refractivity contribution in [3.8, 4) is 0 Å². The van der Waals surface area contributed by atoms with Crippen LogP contribution >= 0.6 is 0 Å². The summed E-state index contributed by atoms with van der Waals surface area (Å²) >= 11 is 0. The minimum atomic E-state index is -1.44. The van der Waals surface area contributed by atoms with Crippen molar-refractivity contribution in [2.24, 2.45) is 0 Å². The first kappa shape index (κ1) is 10.9. The zero-order valence-corrected chi connectivity index (χ0v) is 6.78. The van der Waals surface area contributed by atoms with E-state index in [0.717, 1.165) is 0 Å². The molecular formula is C6H11BO6. The summed E-state index contributed by atoms with van der Waals surface area (Å²) in [6.45, 7) is -0.495. The predicted octanol–water partition coefficient (Wildman–Crippen LogP) is -3.11. The van der Waals surface area contributed by atoms with E-state index in [4.69, 9.17) is 17.9 Å². The highest BCUT2D eigenvalue weighted by Gasteiger charge is 2.43. The van der Waals surface area contributed by atoms with Crippen LogP contribution in [-0.2, 0) is 9.39 Å². The van der Waals surface area contributed by atoms with Crippen molar-refractivity contribution in [1.29, 1.82) is 0 Å². The highest BCUT2D eigenvalue weighted by molar-refractivity contribution is 5.98. The van der Waals surface area contributed by atoms with Gasteiger partial charge in [-0.25, -0.2) is 0 Å². The second kappa shape index (κ2) is 4.36. The fraction of sp³-hybridized carbons (Fsp3) is 1.00. The number of hydrogen-bond acceptors (Lipinski definition) is 6. The fourth-order valence-electron chi connectivity index (χ4n) is 1.18. The average Bonchev–Trinajstić information content (AvgIpc) is 2.15. The van der Waals surface area contributed by atoms with Crippen LogP contribution in [0.2, 0.25) is 0 Å². The third-order valence-electron chi connectivity index (χ3n) is 1.98. The zero-order valence-electron chi connectivity index (χ0n) is 6.78. The monoisotopic (exact) mass is 190 g/mol. The van der Waals surface area contributed by atoms with Crippen molar-refractivity contribution < 1.29 is 29.8 Å². The summed E-state index contributed by atoms with van der Waals surface area (Å²) in [6, 6.07) is 0. The van der Waals surface area contributed by atoms with Gasteiger partial charge in [0.25, 0.3) is 8.05 Å². The van der Waals surface area contributed by atoms with E-state index in [0.29, 0.717) is 0 Å². The van der Waals surface area contributed by atoms with Crippen LogP contribution in [0.25, 0.3) is 0 Å². The Kier molecular flexibility index (Phi) is 3.66. The molecule has 1 fully saturated rings. The lowest BCUT2D eigenvalue weighted by Crippen LogP contribution is -2.59. The van der Waals surface area contributed by atoms with Crippen LogP contribution in [0, 0.1) is 0 Å². The van der Waals surface area contributed by atoms with Gasteiger partial charge in [-0.2, -0.15) is 0 Å². The van der Waals surface area contributed by atoms with Gasteiger partial charge in [0.2, 0.25) is 0 Å². The first-order chi connectivity index (χ1) is 6.11. The second-order valence-electron chi connectivity index (χ2n) is 2.83.